The van der Waals surface area contributed by atoms with Crippen LogP contribution in [0.5, 0.6) is 0 Å². The van der Waals surface area contributed by atoms with Crippen molar-refractivity contribution >= 4 is 55.8 Å². The van der Waals surface area contributed by atoms with Crippen molar-refractivity contribution in [1.29, 1.82) is 0 Å². The first-order valence-electron chi connectivity index (χ1n) is 9.79. The van der Waals surface area contributed by atoms with Gasteiger partial charge in [-0.2, -0.15) is 5.10 Å². The van der Waals surface area contributed by atoms with Gasteiger partial charge in [0.2, 0.25) is 4.80 Å². The molecular weight excluding hydrogens is 504 g/mol. The molecule has 0 spiro atoms. The molecule has 33 heavy (non-hydrogen) atoms. The number of benzene rings is 2. The average molecular weight is 519 g/mol. The van der Waals surface area contributed by atoms with Crippen molar-refractivity contribution in [2.75, 3.05) is 0 Å². The normalized spacial score (nSPS) is 12.1. The molecule has 0 aliphatic rings. The fraction of sp³-hybridized carbons (Fsp3) is 0. The van der Waals surface area contributed by atoms with Gasteiger partial charge in [-0.3, -0.25) is 15.1 Å². The number of nitrogens with zero attached hydrogens (tertiary/aromatic N) is 5. The number of non-ortho nitro benzene ring substituents is 1. The zero-order chi connectivity index (χ0) is 22.8. The standard InChI is InChI=1S/C23H15BrN6O2S/c24-17-6-7-21-20(10-17)16(11-26-21)12-27-29-22(15-3-1-5-19(9-15)30(31)32)14-33-23(29)28-18-4-2-8-25-13-18/h1-14,26H. The number of nitro groups is 1. The molecule has 162 valence electrons. The average Bonchev–Trinajstić information content (AvgIpc) is 3.42. The van der Waals surface area contributed by atoms with Crippen molar-refractivity contribution in [3.63, 3.8) is 0 Å². The van der Waals surface area contributed by atoms with Crippen molar-refractivity contribution in [2.45, 2.75) is 0 Å². The number of halogens is 1. The van der Waals surface area contributed by atoms with E-state index in [2.05, 4.69) is 30.9 Å². The third-order valence-corrected chi connectivity index (χ3v) is 6.21. The molecule has 0 amide bonds. The number of nitro benzene ring substituents is 1. The van der Waals surface area contributed by atoms with Crippen LogP contribution in [0.15, 0.2) is 93.1 Å². The summed E-state index contributed by atoms with van der Waals surface area (Å²) in [5.41, 5.74) is 3.97. The number of hydrogen-bond acceptors (Lipinski definition) is 6. The minimum absolute atomic E-state index is 0.0152. The maximum atomic E-state index is 11.3. The van der Waals surface area contributed by atoms with E-state index in [0.29, 0.717) is 21.7 Å². The van der Waals surface area contributed by atoms with E-state index in [4.69, 9.17) is 5.10 Å². The topological polar surface area (TPSA) is 101 Å². The fourth-order valence-electron chi connectivity index (χ4n) is 3.34. The van der Waals surface area contributed by atoms with Crippen molar-refractivity contribution in [2.24, 2.45) is 10.1 Å². The molecule has 0 saturated heterocycles. The Morgan fingerprint density at radius 2 is 2.09 bits per heavy atom. The maximum Gasteiger partial charge on any atom is 0.270 e. The lowest BCUT2D eigenvalue weighted by molar-refractivity contribution is -0.384. The number of rotatable bonds is 5. The van der Waals surface area contributed by atoms with E-state index in [1.54, 1.807) is 29.4 Å². The highest BCUT2D eigenvalue weighted by Gasteiger charge is 2.12. The summed E-state index contributed by atoms with van der Waals surface area (Å²) in [4.78, 5) is 23.5. The Morgan fingerprint density at radius 1 is 1.18 bits per heavy atom. The summed E-state index contributed by atoms with van der Waals surface area (Å²) in [7, 11) is 0. The molecule has 10 heteroatoms. The Hall–Kier alpha value is -3.89. The van der Waals surface area contributed by atoms with Crippen LogP contribution in [0.2, 0.25) is 0 Å². The molecule has 8 nitrogen and oxygen atoms in total. The summed E-state index contributed by atoms with van der Waals surface area (Å²) in [5.74, 6) is 0. The summed E-state index contributed by atoms with van der Waals surface area (Å²) in [6.07, 6.45) is 6.99. The first-order chi connectivity index (χ1) is 16.1. The zero-order valence-corrected chi connectivity index (χ0v) is 19.3. The Morgan fingerprint density at radius 3 is 2.91 bits per heavy atom. The highest BCUT2D eigenvalue weighted by atomic mass is 79.9. The third kappa shape index (κ3) is 4.38. The van der Waals surface area contributed by atoms with Crippen LogP contribution in [0, 0.1) is 10.1 Å². The van der Waals surface area contributed by atoms with Gasteiger partial charge in [-0.1, -0.05) is 28.1 Å². The van der Waals surface area contributed by atoms with Gasteiger partial charge in [-0.25, -0.2) is 9.67 Å². The van der Waals surface area contributed by atoms with E-state index in [-0.39, 0.29) is 5.69 Å². The molecule has 0 unspecified atom stereocenters. The van der Waals surface area contributed by atoms with Gasteiger partial charge in [-0.05, 0) is 30.3 Å². The second kappa shape index (κ2) is 8.93. The van der Waals surface area contributed by atoms with Gasteiger partial charge in [0.15, 0.2) is 0 Å². The van der Waals surface area contributed by atoms with E-state index in [0.717, 1.165) is 20.9 Å². The van der Waals surface area contributed by atoms with E-state index < -0.39 is 4.92 Å². The molecule has 0 atom stereocenters. The van der Waals surface area contributed by atoms with Crippen LogP contribution in [0.1, 0.15) is 5.56 Å². The Bertz CT molecular complexity index is 1570. The molecule has 3 aromatic heterocycles. The molecule has 2 aromatic carbocycles. The number of aromatic amines is 1. The van der Waals surface area contributed by atoms with Gasteiger partial charge in [0.25, 0.3) is 5.69 Å². The lowest BCUT2D eigenvalue weighted by atomic mass is 10.1. The number of pyridine rings is 1. The van der Waals surface area contributed by atoms with Gasteiger partial charge in [0.05, 0.1) is 28.7 Å². The largest absolute Gasteiger partial charge is 0.361 e. The monoisotopic (exact) mass is 518 g/mol. The minimum Gasteiger partial charge on any atom is -0.361 e. The lowest BCUT2D eigenvalue weighted by Crippen LogP contribution is -2.11. The van der Waals surface area contributed by atoms with E-state index >= 15 is 0 Å². The van der Waals surface area contributed by atoms with Gasteiger partial charge >= 0.3 is 0 Å². The molecule has 1 N–H and O–H groups in total. The van der Waals surface area contributed by atoms with Gasteiger partial charge in [0, 0.05) is 56.4 Å². The van der Waals surface area contributed by atoms with Crippen LogP contribution in [0.3, 0.4) is 0 Å². The molecule has 0 saturated carbocycles. The fourth-order valence-corrected chi connectivity index (χ4v) is 4.55. The first kappa shape index (κ1) is 21.0. The molecule has 5 aromatic rings. The van der Waals surface area contributed by atoms with Crippen molar-refractivity contribution < 1.29 is 4.92 Å². The summed E-state index contributed by atoms with van der Waals surface area (Å²) in [5, 5.41) is 18.9. The Labute approximate surface area is 199 Å². The summed E-state index contributed by atoms with van der Waals surface area (Å²) < 4.78 is 2.66. The predicted molar refractivity (Wildman–Crippen MR) is 133 cm³/mol. The molecular formula is C23H15BrN6O2S. The molecule has 0 aliphatic carbocycles. The zero-order valence-electron chi connectivity index (χ0n) is 16.9. The van der Waals surface area contributed by atoms with Gasteiger partial charge in [0.1, 0.15) is 0 Å². The van der Waals surface area contributed by atoms with Crippen molar-refractivity contribution in [3.05, 3.63) is 104 Å². The van der Waals surface area contributed by atoms with Crippen molar-refractivity contribution in [1.82, 2.24) is 14.6 Å². The Kier molecular flexibility index (Phi) is 5.68. The van der Waals surface area contributed by atoms with Crippen LogP contribution in [-0.2, 0) is 0 Å². The SMILES string of the molecule is O=[N+]([O-])c1cccc(-c2csc(=Nc3cccnc3)n2N=Cc2c[nH]c3ccc(Br)cc23)c1. The molecule has 0 fully saturated rings. The molecule has 0 aliphatic heterocycles. The van der Waals surface area contributed by atoms with Gasteiger partial charge in [-0.15, -0.1) is 11.3 Å². The second-order valence-corrected chi connectivity index (χ2v) is 8.78. The summed E-state index contributed by atoms with van der Waals surface area (Å²) in [6, 6.07) is 16.1. The van der Waals surface area contributed by atoms with Crippen LogP contribution in [0.4, 0.5) is 11.4 Å². The number of fused-ring (bicyclic) bond motifs is 1. The van der Waals surface area contributed by atoms with Crippen LogP contribution >= 0.6 is 27.3 Å². The lowest BCUT2D eigenvalue weighted by Gasteiger charge is -2.04. The number of aromatic nitrogens is 3. The van der Waals surface area contributed by atoms with Crippen LogP contribution < -0.4 is 4.80 Å². The smallest absolute Gasteiger partial charge is 0.270 e. The molecule has 5 rings (SSSR count). The van der Waals surface area contributed by atoms with E-state index in [9.17, 15) is 10.1 Å². The molecule has 0 bridgehead atoms. The maximum absolute atomic E-state index is 11.3. The second-order valence-electron chi connectivity index (χ2n) is 7.02. The van der Waals surface area contributed by atoms with E-state index in [1.165, 1.54) is 23.5 Å². The quantitative estimate of drug-likeness (QED) is 0.178. The summed E-state index contributed by atoms with van der Waals surface area (Å²) >= 11 is 4.91. The minimum atomic E-state index is -0.409. The van der Waals surface area contributed by atoms with Crippen LogP contribution in [0.25, 0.3) is 22.2 Å². The van der Waals surface area contributed by atoms with Crippen molar-refractivity contribution in [3.8, 4) is 11.3 Å². The number of nitrogens with one attached hydrogen (secondary N) is 1. The first-order valence-corrected chi connectivity index (χ1v) is 11.5. The highest BCUT2D eigenvalue weighted by Crippen LogP contribution is 2.26. The third-order valence-electron chi connectivity index (χ3n) is 4.90. The summed E-state index contributed by atoms with van der Waals surface area (Å²) in [6.45, 7) is 0. The highest BCUT2D eigenvalue weighted by molar-refractivity contribution is 9.10. The number of thiazole rings is 1. The number of H-pyrrole nitrogens is 1. The van der Waals surface area contributed by atoms with Gasteiger partial charge < -0.3 is 4.98 Å². The number of hydrogen-bond donors (Lipinski definition) is 1. The molecule has 0 radical (unpaired) electrons. The Balaban J connectivity index is 1.66. The molecule has 3 heterocycles. The predicted octanol–water partition coefficient (Wildman–Crippen LogP) is 5.88. The van der Waals surface area contributed by atoms with Crippen LogP contribution in [-0.4, -0.2) is 25.8 Å². The van der Waals surface area contributed by atoms with E-state index in [1.807, 2.05) is 48.0 Å².